The van der Waals surface area contributed by atoms with Crippen LogP contribution in [0.4, 0.5) is 0 Å². The lowest BCUT2D eigenvalue weighted by molar-refractivity contribution is 0.628. The zero-order valence-electron chi connectivity index (χ0n) is 16.3. The highest BCUT2D eigenvalue weighted by molar-refractivity contribution is 6.89. The van der Waals surface area contributed by atoms with Crippen LogP contribution in [-0.4, -0.2) is 6.71 Å². The maximum absolute atomic E-state index is 2.41. The van der Waals surface area contributed by atoms with Crippen molar-refractivity contribution in [2.75, 3.05) is 0 Å². The summed E-state index contributed by atoms with van der Waals surface area (Å²) in [6.45, 7) is 10.2. The predicted octanol–water partition coefficient (Wildman–Crippen LogP) is 6.22. The molecule has 0 atom stereocenters. The average Bonchev–Trinajstić information content (AvgIpc) is 3.05. The minimum Gasteiger partial charge on any atom is -0.0783 e. The third-order valence-corrected chi connectivity index (χ3v) is 6.75. The van der Waals surface area contributed by atoms with Crippen LogP contribution in [0.1, 0.15) is 38.8 Å². The fraction of sp³-hybridized carbons (Fsp3) is 0.280. The quantitative estimate of drug-likeness (QED) is 0.495. The third kappa shape index (κ3) is 2.90. The summed E-state index contributed by atoms with van der Waals surface area (Å²) in [5.74, 6) is 0. The van der Waals surface area contributed by atoms with E-state index in [4.69, 9.17) is 0 Å². The minimum atomic E-state index is 0.376. The zero-order valence-corrected chi connectivity index (χ0v) is 16.3. The van der Waals surface area contributed by atoms with Gasteiger partial charge in [-0.2, -0.15) is 0 Å². The zero-order chi connectivity index (χ0) is 18.4. The van der Waals surface area contributed by atoms with Crippen LogP contribution in [-0.2, 0) is 6.42 Å². The normalized spacial score (nSPS) is 17.2. The predicted molar refractivity (Wildman–Crippen MR) is 115 cm³/mol. The average molecular weight is 338 g/mol. The summed E-state index contributed by atoms with van der Waals surface area (Å²) in [6.07, 6.45) is 0.983. The third-order valence-electron chi connectivity index (χ3n) is 6.75. The Morgan fingerprint density at radius 2 is 1.19 bits per heavy atom. The molecule has 1 heteroatoms. The van der Waals surface area contributed by atoms with Gasteiger partial charge in [0.1, 0.15) is 0 Å². The molecule has 1 aliphatic heterocycles. The number of hydrogen-bond donors (Lipinski definition) is 0. The van der Waals surface area contributed by atoms with Gasteiger partial charge < -0.3 is 0 Å². The SMILES string of the molecule is CC1(C)B(c2cccc(-c3cccc(Cc4ccccc4)c3)c2)C1(C)C. The van der Waals surface area contributed by atoms with Gasteiger partial charge in [0, 0.05) is 0 Å². The van der Waals surface area contributed by atoms with E-state index in [9.17, 15) is 0 Å². The first-order chi connectivity index (χ1) is 12.4. The van der Waals surface area contributed by atoms with Crippen molar-refractivity contribution < 1.29 is 0 Å². The number of rotatable bonds is 4. The van der Waals surface area contributed by atoms with Gasteiger partial charge in [-0.05, 0) is 28.7 Å². The lowest BCUT2D eigenvalue weighted by Crippen LogP contribution is -2.20. The number of benzene rings is 3. The Morgan fingerprint density at radius 1 is 0.615 bits per heavy atom. The summed E-state index contributed by atoms with van der Waals surface area (Å²) in [5.41, 5.74) is 6.85. The molecule has 3 aromatic rings. The van der Waals surface area contributed by atoms with Gasteiger partial charge in [-0.3, -0.25) is 0 Å². The summed E-state index contributed by atoms with van der Waals surface area (Å²) in [4.78, 5) is 0. The Bertz CT molecular complexity index is 908. The Hall–Kier alpha value is -2.28. The maximum Gasteiger partial charge on any atom is 0.187 e. The van der Waals surface area contributed by atoms with Gasteiger partial charge in [-0.1, -0.05) is 123 Å². The van der Waals surface area contributed by atoms with E-state index in [0.29, 0.717) is 17.3 Å². The van der Waals surface area contributed by atoms with E-state index >= 15 is 0 Å². The van der Waals surface area contributed by atoms with Crippen molar-refractivity contribution in [1.29, 1.82) is 0 Å². The molecule has 0 aliphatic carbocycles. The highest BCUT2D eigenvalue weighted by Gasteiger charge is 2.67. The molecule has 1 heterocycles. The topological polar surface area (TPSA) is 0 Å². The molecule has 3 aromatic carbocycles. The fourth-order valence-corrected chi connectivity index (χ4v) is 4.62. The van der Waals surface area contributed by atoms with Gasteiger partial charge >= 0.3 is 0 Å². The van der Waals surface area contributed by atoms with Crippen LogP contribution in [0.2, 0.25) is 10.6 Å². The lowest BCUT2D eigenvalue weighted by atomic mass is 9.53. The molecule has 1 aliphatic rings. The Morgan fingerprint density at radius 3 is 1.85 bits per heavy atom. The maximum atomic E-state index is 2.41. The second-order valence-corrected chi connectivity index (χ2v) is 8.86. The highest BCUT2D eigenvalue weighted by Crippen LogP contribution is 2.73. The van der Waals surface area contributed by atoms with Crippen LogP contribution >= 0.6 is 0 Å². The molecule has 26 heavy (non-hydrogen) atoms. The molecule has 0 amide bonds. The van der Waals surface area contributed by atoms with Crippen LogP contribution in [0.5, 0.6) is 0 Å². The van der Waals surface area contributed by atoms with Crippen molar-refractivity contribution in [3.8, 4) is 11.1 Å². The lowest BCUT2D eigenvalue weighted by Gasteiger charge is -2.09. The van der Waals surface area contributed by atoms with Crippen LogP contribution < -0.4 is 5.46 Å². The van der Waals surface area contributed by atoms with Crippen molar-refractivity contribution >= 4 is 12.2 Å². The summed E-state index contributed by atoms with van der Waals surface area (Å²) < 4.78 is 0. The van der Waals surface area contributed by atoms with E-state index in [-0.39, 0.29) is 0 Å². The molecule has 1 fully saturated rings. The molecular formula is C25H27B. The summed E-state index contributed by atoms with van der Waals surface area (Å²) >= 11 is 0. The summed E-state index contributed by atoms with van der Waals surface area (Å²) in [6, 6.07) is 28.9. The van der Waals surface area contributed by atoms with Crippen molar-refractivity contribution in [1.82, 2.24) is 0 Å². The van der Waals surface area contributed by atoms with Gasteiger partial charge in [0.05, 0.1) is 0 Å². The molecule has 4 rings (SSSR count). The first-order valence-corrected chi connectivity index (χ1v) is 9.63. The summed E-state index contributed by atoms with van der Waals surface area (Å²) in [5, 5.41) is 0.752. The monoisotopic (exact) mass is 338 g/mol. The van der Waals surface area contributed by atoms with Crippen molar-refractivity contribution in [3.63, 3.8) is 0 Å². The van der Waals surface area contributed by atoms with Gasteiger partial charge in [0.15, 0.2) is 6.71 Å². The van der Waals surface area contributed by atoms with Crippen molar-refractivity contribution in [2.45, 2.75) is 44.7 Å². The van der Waals surface area contributed by atoms with Gasteiger partial charge in [0.25, 0.3) is 0 Å². The van der Waals surface area contributed by atoms with Crippen LogP contribution in [0.3, 0.4) is 0 Å². The minimum absolute atomic E-state index is 0.376. The van der Waals surface area contributed by atoms with E-state index in [1.807, 2.05) is 0 Å². The van der Waals surface area contributed by atoms with Crippen LogP contribution in [0, 0.1) is 0 Å². The molecule has 1 saturated heterocycles. The van der Waals surface area contributed by atoms with Crippen molar-refractivity contribution in [2.24, 2.45) is 0 Å². The Kier molecular flexibility index (Phi) is 4.06. The van der Waals surface area contributed by atoms with E-state index in [1.54, 1.807) is 0 Å². The van der Waals surface area contributed by atoms with Crippen LogP contribution in [0.25, 0.3) is 11.1 Å². The highest BCUT2D eigenvalue weighted by atomic mass is 14.5. The molecule has 0 spiro atoms. The van der Waals surface area contributed by atoms with Crippen molar-refractivity contribution in [3.05, 3.63) is 90.0 Å². The molecule has 0 aromatic heterocycles. The largest absolute Gasteiger partial charge is 0.187 e. The van der Waals surface area contributed by atoms with E-state index in [0.717, 1.165) is 6.42 Å². The molecule has 130 valence electrons. The molecule has 0 radical (unpaired) electrons. The smallest absolute Gasteiger partial charge is 0.0783 e. The number of hydrogen-bond acceptors (Lipinski definition) is 0. The molecule has 0 nitrogen and oxygen atoms in total. The van der Waals surface area contributed by atoms with Gasteiger partial charge in [-0.15, -0.1) is 0 Å². The van der Waals surface area contributed by atoms with E-state index in [1.165, 1.54) is 27.7 Å². The fourth-order valence-electron chi connectivity index (χ4n) is 4.62. The van der Waals surface area contributed by atoms with Gasteiger partial charge in [0.2, 0.25) is 0 Å². The first kappa shape index (κ1) is 17.2. The van der Waals surface area contributed by atoms with E-state index in [2.05, 4.69) is 107 Å². The van der Waals surface area contributed by atoms with Gasteiger partial charge in [-0.25, -0.2) is 0 Å². The molecule has 0 bridgehead atoms. The standard InChI is InChI=1S/C25H27B/c1-24(2)25(3,4)26(24)23-15-9-14-22(18-23)21-13-8-12-20(17-21)16-19-10-6-5-7-11-19/h5-15,17-18H,16H2,1-4H3. The van der Waals surface area contributed by atoms with E-state index < -0.39 is 0 Å². The Balaban J connectivity index is 1.63. The van der Waals surface area contributed by atoms with Crippen LogP contribution in [0.15, 0.2) is 78.9 Å². The molecule has 0 unspecified atom stereocenters. The molecular weight excluding hydrogens is 311 g/mol. The second kappa shape index (κ2) is 6.16. The Labute approximate surface area is 158 Å². The molecule has 0 saturated carbocycles. The second-order valence-electron chi connectivity index (χ2n) is 8.86. The first-order valence-electron chi connectivity index (χ1n) is 9.63. The molecule has 0 N–H and O–H groups in total. The summed E-state index contributed by atoms with van der Waals surface area (Å²) in [7, 11) is 0.